The lowest BCUT2D eigenvalue weighted by Gasteiger charge is -2.33. The number of anilines is 2. The minimum absolute atomic E-state index is 0.177. The van der Waals surface area contributed by atoms with Crippen molar-refractivity contribution >= 4 is 40.6 Å². The number of fused-ring (bicyclic) bond motifs is 5. The Morgan fingerprint density at radius 3 is 2.79 bits per heavy atom. The summed E-state index contributed by atoms with van der Waals surface area (Å²) >= 11 is 0. The molecule has 2 N–H and O–H groups in total. The molecule has 3 aromatic heterocycles. The molecule has 0 fully saturated rings. The monoisotopic (exact) mass is 520 g/mol. The molecule has 0 saturated carbocycles. The number of hydrogen-bond acceptors (Lipinski definition) is 6. The first-order valence-corrected chi connectivity index (χ1v) is 12.4. The van der Waals surface area contributed by atoms with Gasteiger partial charge in [-0.2, -0.15) is 9.78 Å². The van der Waals surface area contributed by atoms with Crippen LogP contribution in [-0.4, -0.2) is 48.1 Å². The van der Waals surface area contributed by atoms with Crippen LogP contribution in [0.2, 0.25) is 0 Å². The average Bonchev–Trinajstić information content (AvgIpc) is 3.60. The van der Waals surface area contributed by atoms with Gasteiger partial charge in [0, 0.05) is 24.2 Å². The van der Waals surface area contributed by atoms with E-state index in [2.05, 4.69) is 30.4 Å². The van der Waals surface area contributed by atoms with Crippen LogP contribution in [0.1, 0.15) is 28.8 Å². The fourth-order valence-electron chi connectivity index (χ4n) is 5.72. The second-order valence-corrected chi connectivity index (χ2v) is 9.54. The maximum Gasteiger partial charge on any atom is 0.243 e. The van der Waals surface area contributed by atoms with Crippen LogP contribution in [0.25, 0.3) is 23.1 Å². The first kappa shape index (κ1) is 23.0. The van der Waals surface area contributed by atoms with Crippen molar-refractivity contribution < 1.29 is 14.0 Å². The largest absolute Gasteiger partial charge is 0.340 e. The molecule has 39 heavy (non-hydrogen) atoms. The number of aromatic nitrogens is 6. The molecule has 11 heteroatoms. The molecule has 2 aliphatic heterocycles. The standard InChI is InChI=1S/C28H21FN8O2/c1-16-22-25(37(35-16)26-23-24(31-14-30-23)32-15-33-26)34-21(38)13-28(22)19-12-18(29)9-10-20(19)36(27(28)39)11-5-8-17-6-3-2-4-7-17/h2-10,12,14-15H,11,13H2,1H3,(H,34,38)(H,30,31,32,33). The zero-order valence-corrected chi connectivity index (χ0v) is 20.7. The van der Waals surface area contributed by atoms with E-state index in [9.17, 15) is 14.0 Å². The summed E-state index contributed by atoms with van der Waals surface area (Å²) in [5.41, 5.74) is 2.52. The van der Waals surface area contributed by atoms with Gasteiger partial charge in [-0.05, 0) is 36.2 Å². The molecule has 2 aliphatic rings. The molecule has 0 radical (unpaired) electrons. The van der Waals surface area contributed by atoms with E-state index in [0.717, 1.165) is 5.56 Å². The highest BCUT2D eigenvalue weighted by Gasteiger charge is 2.58. The lowest BCUT2D eigenvalue weighted by Crippen LogP contribution is -2.47. The van der Waals surface area contributed by atoms with Crippen molar-refractivity contribution in [2.75, 3.05) is 16.8 Å². The number of benzene rings is 2. The summed E-state index contributed by atoms with van der Waals surface area (Å²) in [5.74, 6) is -0.511. The first-order chi connectivity index (χ1) is 19.0. The molecule has 0 saturated heterocycles. The summed E-state index contributed by atoms with van der Waals surface area (Å²) < 4.78 is 16.2. The number of aryl methyl sites for hydroxylation is 1. The van der Waals surface area contributed by atoms with Gasteiger partial charge in [0.25, 0.3) is 0 Å². The van der Waals surface area contributed by atoms with Crippen LogP contribution in [0.4, 0.5) is 15.9 Å². The number of hydrogen-bond donors (Lipinski definition) is 2. The SMILES string of the molecule is Cc1nn(-c2ncnc3nc[nH]c23)c2c1C1(CC(=O)N2)C(=O)N(CC=Cc2ccccc2)c2ccc(F)cc21. The van der Waals surface area contributed by atoms with E-state index in [1.807, 2.05) is 42.5 Å². The predicted molar refractivity (Wildman–Crippen MR) is 142 cm³/mol. The van der Waals surface area contributed by atoms with Crippen LogP contribution < -0.4 is 10.2 Å². The van der Waals surface area contributed by atoms with Crippen molar-refractivity contribution in [3.63, 3.8) is 0 Å². The summed E-state index contributed by atoms with van der Waals surface area (Å²) in [4.78, 5) is 45.0. The number of carbonyl (C=O) groups is 2. The van der Waals surface area contributed by atoms with E-state index < -0.39 is 11.2 Å². The molecule has 2 amide bonds. The van der Waals surface area contributed by atoms with E-state index in [4.69, 9.17) is 0 Å². The van der Waals surface area contributed by atoms with E-state index >= 15 is 0 Å². The summed E-state index contributed by atoms with van der Waals surface area (Å²) in [5, 5.41) is 7.58. The Labute approximate surface area is 221 Å². The number of carbonyl (C=O) groups excluding carboxylic acids is 2. The van der Waals surface area contributed by atoms with Gasteiger partial charge in [-0.1, -0.05) is 42.5 Å². The topological polar surface area (TPSA) is 122 Å². The maximum absolute atomic E-state index is 14.7. The molecular weight excluding hydrogens is 499 g/mol. The summed E-state index contributed by atoms with van der Waals surface area (Å²) in [6.07, 6.45) is 6.48. The lowest BCUT2D eigenvalue weighted by molar-refractivity contribution is -0.126. The highest BCUT2D eigenvalue weighted by Crippen LogP contribution is 2.53. The second kappa shape index (κ2) is 8.42. The molecule has 1 atom stereocenters. The van der Waals surface area contributed by atoms with Crippen LogP contribution >= 0.6 is 0 Å². The number of aromatic amines is 1. The molecule has 0 bridgehead atoms. The minimum Gasteiger partial charge on any atom is -0.340 e. The minimum atomic E-state index is -1.45. The fraction of sp³-hybridized carbons (Fsp3) is 0.143. The Hall–Kier alpha value is -5.19. The van der Waals surface area contributed by atoms with E-state index in [-0.39, 0.29) is 24.8 Å². The van der Waals surface area contributed by atoms with E-state index in [1.165, 1.54) is 29.5 Å². The third kappa shape index (κ3) is 3.32. The number of halogens is 1. The quantitative estimate of drug-likeness (QED) is 0.373. The molecule has 7 rings (SSSR count). The molecule has 0 aliphatic carbocycles. The molecule has 1 unspecified atom stereocenters. The number of nitrogens with zero attached hydrogens (tertiary/aromatic N) is 6. The van der Waals surface area contributed by atoms with Crippen molar-refractivity contribution in [3.05, 3.63) is 95.5 Å². The van der Waals surface area contributed by atoms with Gasteiger partial charge in [-0.3, -0.25) is 9.59 Å². The summed E-state index contributed by atoms with van der Waals surface area (Å²) in [7, 11) is 0. The van der Waals surface area contributed by atoms with Crippen LogP contribution in [0.5, 0.6) is 0 Å². The second-order valence-electron chi connectivity index (χ2n) is 9.54. The molecular formula is C28H21FN8O2. The van der Waals surface area contributed by atoms with Crippen molar-refractivity contribution in [2.24, 2.45) is 0 Å². The van der Waals surface area contributed by atoms with Crippen LogP contribution in [0.3, 0.4) is 0 Å². The number of imidazole rings is 1. The van der Waals surface area contributed by atoms with Gasteiger partial charge in [-0.15, -0.1) is 0 Å². The van der Waals surface area contributed by atoms with Crippen molar-refractivity contribution in [1.29, 1.82) is 0 Å². The lowest BCUT2D eigenvalue weighted by atomic mass is 9.70. The Balaban J connectivity index is 1.40. The fourth-order valence-corrected chi connectivity index (χ4v) is 5.72. The Morgan fingerprint density at radius 1 is 1.10 bits per heavy atom. The van der Waals surface area contributed by atoms with Crippen molar-refractivity contribution in [2.45, 2.75) is 18.8 Å². The number of rotatable bonds is 4. The normalized spacial score (nSPS) is 18.3. The molecule has 192 valence electrons. The molecule has 10 nitrogen and oxygen atoms in total. The van der Waals surface area contributed by atoms with Crippen LogP contribution in [0, 0.1) is 12.7 Å². The zero-order valence-electron chi connectivity index (χ0n) is 20.7. The molecule has 5 heterocycles. The van der Waals surface area contributed by atoms with Crippen LogP contribution in [-0.2, 0) is 15.0 Å². The zero-order chi connectivity index (χ0) is 26.7. The van der Waals surface area contributed by atoms with Gasteiger partial charge in [0.05, 0.1) is 12.0 Å². The van der Waals surface area contributed by atoms with Crippen LogP contribution in [0.15, 0.2) is 67.3 Å². The first-order valence-electron chi connectivity index (χ1n) is 12.4. The van der Waals surface area contributed by atoms with Gasteiger partial charge in [0.15, 0.2) is 11.5 Å². The smallest absolute Gasteiger partial charge is 0.243 e. The Morgan fingerprint density at radius 2 is 1.95 bits per heavy atom. The Kier molecular flexibility index (Phi) is 4.96. The third-order valence-corrected chi connectivity index (χ3v) is 7.29. The van der Waals surface area contributed by atoms with Crippen molar-refractivity contribution in [3.8, 4) is 5.82 Å². The number of nitrogens with one attached hydrogen (secondary N) is 2. The molecule has 5 aromatic rings. The average molecular weight is 521 g/mol. The summed E-state index contributed by atoms with van der Waals surface area (Å²) in [6.45, 7) is 2.02. The highest BCUT2D eigenvalue weighted by atomic mass is 19.1. The van der Waals surface area contributed by atoms with Gasteiger partial charge < -0.3 is 15.2 Å². The maximum atomic E-state index is 14.7. The number of amides is 2. The Bertz CT molecular complexity index is 1830. The van der Waals surface area contributed by atoms with Crippen molar-refractivity contribution in [1.82, 2.24) is 29.7 Å². The summed E-state index contributed by atoms with van der Waals surface area (Å²) in [6, 6.07) is 14.0. The molecule has 1 spiro atoms. The van der Waals surface area contributed by atoms with E-state index in [0.29, 0.717) is 45.3 Å². The number of H-pyrrole nitrogens is 1. The third-order valence-electron chi connectivity index (χ3n) is 7.29. The van der Waals surface area contributed by atoms with Gasteiger partial charge in [0.2, 0.25) is 11.8 Å². The highest BCUT2D eigenvalue weighted by molar-refractivity contribution is 6.16. The van der Waals surface area contributed by atoms with Gasteiger partial charge >= 0.3 is 0 Å². The van der Waals surface area contributed by atoms with Gasteiger partial charge in [-0.25, -0.2) is 19.3 Å². The van der Waals surface area contributed by atoms with Gasteiger partial charge in [0.1, 0.15) is 28.9 Å². The predicted octanol–water partition coefficient (Wildman–Crippen LogP) is 3.67. The molecule has 2 aromatic carbocycles. The van der Waals surface area contributed by atoms with E-state index in [1.54, 1.807) is 17.9 Å².